The number of aromatic nitrogens is 3. The van der Waals surface area contributed by atoms with Crippen molar-refractivity contribution in [3.05, 3.63) is 53.2 Å². The molecule has 30 heavy (non-hydrogen) atoms. The highest BCUT2D eigenvalue weighted by molar-refractivity contribution is 6.31. The first kappa shape index (κ1) is 19.1. The van der Waals surface area contributed by atoms with Crippen LogP contribution in [0, 0.1) is 0 Å². The number of carbonyl (C=O) groups is 1. The van der Waals surface area contributed by atoms with Gasteiger partial charge >= 0.3 is 0 Å². The number of rotatable bonds is 3. The zero-order valence-corrected chi connectivity index (χ0v) is 17.0. The molecular weight excluding hydrogens is 380 g/mol. The molecule has 1 unspecified atom stereocenters. The van der Waals surface area contributed by atoms with E-state index in [0.717, 1.165) is 37.3 Å². The van der Waals surface area contributed by atoms with Gasteiger partial charge in [0.05, 0.1) is 12.6 Å². The maximum Gasteiger partial charge on any atom is 0.273 e. The maximum atomic E-state index is 14.9. The lowest BCUT2D eigenvalue weighted by Gasteiger charge is -2.38. The number of carbonyl (C=O) groups excluding carboxylic acids is 1. The van der Waals surface area contributed by atoms with E-state index in [1.807, 2.05) is 31.2 Å². The van der Waals surface area contributed by atoms with E-state index >= 15 is 0 Å². The van der Waals surface area contributed by atoms with Crippen LogP contribution in [0.4, 0.5) is 10.2 Å². The van der Waals surface area contributed by atoms with E-state index in [4.69, 9.17) is 7.85 Å². The van der Waals surface area contributed by atoms with Gasteiger partial charge in [0.25, 0.3) is 5.91 Å². The van der Waals surface area contributed by atoms with Crippen molar-refractivity contribution in [1.29, 1.82) is 0 Å². The first-order chi connectivity index (χ1) is 14.6. The highest BCUT2D eigenvalue weighted by atomic mass is 19.1. The predicted octanol–water partition coefficient (Wildman–Crippen LogP) is 2.74. The van der Waals surface area contributed by atoms with Crippen molar-refractivity contribution < 1.29 is 9.18 Å². The molecule has 1 aromatic carbocycles. The van der Waals surface area contributed by atoms with Crippen LogP contribution in [0.2, 0.25) is 0 Å². The third kappa shape index (κ3) is 3.05. The summed E-state index contributed by atoms with van der Waals surface area (Å²) in [7, 11) is 5.91. The average molecular weight is 403 g/mol. The Morgan fingerprint density at radius 3 is 2.67 bits per heavy atom. The Kier molecular flexibility index (Phi) is 4.72. The van der Waals surface area contributed by atoms with Crippen LogP contribution in [0.5, 0.6) is 0 Å². The fourth-order valence-electron chi connectivity index (χ4n) is 4.74. The van der Waals surface area contributed by atoms with Crippen molar-refractivity contribution in [2.45, 2.75) is 38.4 Å². The molecule has 0 N–H and O–H groups in total. The minimum absolute atomic E-state index is 0.0294. The van der Waals surface area contributed by atoms with Gasteiger partial charge in [-0.15, -0.1) is 0 Å². The lowest BCUT2D eigenvalue weighted by atomic mass is 9.90. The van der Waals surface area contributed by atoms with Crippen LogP contribution in [-0.2, 0) is 0 Å². The van der Waals surface area contributed by atoms with Gasteiger partial charge in [0.15, 0.2) is 5.65 Å². The highest BCUT2D eigenvalue weighted by Crippen LogP contribution is 2.39. The molecule has 2 aromatic heterocycles. The Hall–Kier alpha value is -2.90. The number of hydrogen-bond acceptors (Lipinski definition) is 4. The molecule has 6 nitrogen and oxygen atoms in total. The van der Waals surface area contributed by atoms with Gasteiger partial charge < -0.3 is 9.80 Å². The van der Waals surface area contributed by atoms with Crippen molar-refractivity contribution in [2.75, 3.05) is 24.5 Å². The number of nitrogens with zero attached hydrogens (tertiary/aromatic N) is 5. The zero-order valence-electron chi connectivity index (χ0n) is 17.0. The van der Waals surface area contributed by atoms with Crippen LogP contribution in [-0.4, -0.2) is 52.9 Å². The second kappa shape index (κ2) is 7.41. The Morgan fingerprint density at radius 2 is 1.93 bits per heavy atom. The standard InChI is InChI=1S/C22H23BFN5O/c1-2-18-15-8-4-3-7-14(15)16(24)13-28(18)22(30)17-11-21(27-9-5-6-10-27)29-20(25-17)12-19(23)26-29/h3-4,7-8,11-12,16,18H,2,5-6,9-10,13H2,1H3/t16?,18-/m1/s1. The summed E-state index contributed by atoms with van der Waals surface area (Å²) >= 11 is 0. The van der Waals surface area contributed by atoms with Crippen molar-refractivity contribution >= 4 is 30.8 Å². The monoisotopic (exact) mass is 403 g/mol. The average Bonchev–Trinajstić information content (AvgIpc) is 3.41. The zero-order chi connectivity index (χ0) is 20.8. The summed E-state index contributed by atoms with van der Waals surface area (Å²) < 4.78 is 16.6. The molecule has 2 radical (unpaired) electrons. The van der Waals surface area contributed by atoms with Crippen LogP contribution in [0.1, 0.15) is 60.0 Å². The number of amides is 1. The second-order valence-corrected chi connectivity index (χ2v) is 8.01. The van der Waals surface area contributed by atoms with Gasteiger partial charge in [0.1, 0.15) is 25.5 Å². The van der Waals surface area contributed by atoms with Crippen molar-refractivity contribution in [2.24, 2.45) is 0 Å². The molecule has 0 bridgehead atoms. The largest absolute Gasteiger partial charge is 0.356 e. The summed E-state index contributed by atoms with van der Waals surface area (Å²) in [6.45, 7) is 3.84. The second-order valence-electron chi connectivity index (χ2n) is 8.01. The first-order valence-corrected chi connectivity index (χ1v) is 10.5. The summed E-state index contributed by atoms with van der Waals surface area (Å²) in [6, 6.07) is 10.7. The molecule has 1 saturated heterocycles. The van der Waals surface area contributed by atoms with E-state index in [2.05, 4.69) is 15.0 Å². The Morgan fingerprint density at radius 1 is 1.20 bits per heavy atom. The van der Waals surface area contributed by atoms with Gasteiger partial charge in [0.2, 0.25) is 0 Å². The first-order valence-electron chi connectivity index (χ1n) is 10.5. The summed E-state index contributed by atoms with van der Waals surface area (Å²) in [5.74, 6) is 0.543. The Balaban J connectivity index is 1.57. The summed E-state index contributed by atoms with van der Waals surface area (Å²) in [5.41, 5.74) is 2.74. The topological polar surface area (TPSA) is 53.7 Å². The van der Waals surface area contributed by atoms with Crippen LogP contribution < -0.4 is 10.5 Å². The molecule has 152 valence electrons. The molecule has 0 spiro atoms. The predicted molar refractivity (Wildman–Crippen MR) is 114 cm³/mol. The smallest absolute Gasteiger partial charge is 0.273 e. The van der Waals surface area contributed by atoms with Crippen LogP contribution in [0.15, 0.2) is 36.4 Å². The molecule has 0 saturated carbocycles. The van der Waals surface area contributed by atoms with E-state index in [9.17, 15) is 9.18 Å². The Bertz CT molecular complexity index is 1110. The third-order valence-electron chi connectivity index (χ3n) is 6.15. The minimum Gasteiger partial charge on any atom is -0.356 e. The van der Waals surface area contributed by atoms with Gasteiger partial charge in [-0.2, -0.15) is 9.61 Å². The number of benzene rings is 1. The van der Waals surface area contributed by atoms with Crippen molar-refractivity contribution in [1.82, 2.24) is 19.5 Å². The summed E-state index contributed by atoms with van der Waals surface area (Å²) in [4.78, 5) is 21.9. The van der Waals surface area contributed by atoms with E-state index in [-0.39, 0.29) is 18.5 Å². The fraction of sp³-hybridized carbons (Fsp3) is 0.409. The maximum absolute atomic E-state index is 14.9. The van der Waals surface area contributed by atoms with Crippen LogP contribution in [0.3, 0.4) is 0 Å². The van der Waals surface area contributed by atoms with E-state index in [1.165, 1.54) is 0 Å². The van der Waals surface area contributed by atoms with Crippen LogP contribution >= 0.6 is 0 Å². The molecule has 5 rings (SSSR count). The fourth-order valence-corrected chi connectivity index (χ4v) is 4.74. The lowest BCUT2D eigenvalue weighted by molar-refractivity contribution is 0.0556. The van der Waals surface area contributed by atoms with Crippen molar-refractivity contribution in [3.8, 4) is 0 Å². The summed E-state index contributed by atoms with van der Waals surface area (Å²) in [6.07, 6.45) is 1.68. The third-order valence-corrected chi connectivity index (χ3v) is 6.15. The highest BCUT2D eigenvalue weighted by Gasteiger charge is 2.36. The number of hydrogen-bond donors (Lipinski definition) is 0. The normalized spacial score (nSPS) is 21.3. The van der Waals surface area contributed by atoms with Gasteiger partial charge in [0, 0.05) is 24.7 Å². The lowest BCUT2D eigenvalue weighted by Crippen LogP contribution is -2.41. The van der Waals surface area contributed by atoms with Gasteiger partial charge in [-0.05, 0) is 36.5 Å². The molecule has 3 aromatic rings. The molecule has 1 amide bonds. The molecule has 4 heterocycles. The molecule has 2 aliphatic heterocycles. The minimum atomic E-state index is -1.21. The van der Waals surface area contributed by atoms with Gasteiger partial charge in [-0.25, -0.2) is 9.37 Å². The molecule has 8 heteroatoms. The van der Waals surface area contributed by atoms with Crippen LogP contribution in [0.25, 0.3) is 5.65 Å². The van der Waals surface area contributed by atoms with E-state index in [0.29, 0.717) is 28.9 Å². The number of anilines is 1. The van der Waals surface area contributed by atoms with Gasteiger partial charge in [-0.1, -0.05) is 31.2 Å². The summed E-state index contributed by atoms with van der Waals surface area (Å²) in [5, 5.41) is 4.35. The van der Waals surface area contributed by atoms with E-state index < -0.39 is 6.17 Å². The molecule has 2 aliphatic rings. The number of fused-ring (bicyclic) bond motifs is 2. The molecular formula is C22H23BFN5O. The molecule has 0 aliphatic carbocycles. The number of halogens is 1. The SMILES string of the molecule is [B]c1cc2nc(C(=O)N3CC(F)c4ccccc4[C@H]3CC)cc(N3CCCC3)n2n1. The Labute approximate surface area is 176 Å². The molecule has 1 fully saturated rings. The number of alkyl halides is 1. The van der Waals surface area contributed by atoms with E-state index in [1.54, 1.807) is 21.5 Å². The van der Waals surface area contributed by atoms with Crippen molar-refractivity contribution in [3.63, 3.8) is 0 Å². The quantitative estimate of drug-likeness (QED) is 0.632. The molecule has 2 atom stereocenters. The van der Waals surface area contributed by atoms with Gasteiger partial charge in [-0.3, -0.25) is 4.79 Å².